The standard InChI is InChI=1S/C21H18FN3O3/c22-15-8-6-14(7-9-15)13-21(10-11-21)28-20(27)17-12-18(19(23)26)25(24-17)16-4-2-1-3-5-16/h1-9,12H,10-11,13H2,(H2,23,26). The van der Waals surface area contributed by atoms with E-state index >= 15 is 0 Å². The van der Waals surface area contributed by atoms with E-state index in [1.807, 2.05) is 6.07 Å². The zero-order chi connectivity index (χ0) is 19.7. The normalized spacial score (nSPS) is 14.5. The van der Waals surface area contributed by atoms with Crippen molar-refractivity contribution in [3.8, 4) is 5.69 Å². The molecule has 1 saturated carbocycles. The van der Waals surface area contributed by atoms with E-state index in [0.29, 0.717) is 12.1 Å². The molecule has 0 saturated heterocycles. The van der Waals surface area contributed by atoms with Crippen molar-refractivity contribution in [2.24, 2.45) is 5.73 Å². The monoisotopic (exact) mass is 379 g/mol. The molecule has 0 atom stereocenters. The number of hydrogen-bond donors (Lipinski definition) is 1. The number of nitrogens with zero attached hydrogens (tertiary/aromatic N) is 2. The van der Waals surface area contributed by atoms with Crippen molar-refractivity contribution in [3.05, 3.63) is 83.4 Å². The summed E-state index contributed by atoms with van der Waals surface area (Å²) in [6.45, 7) is 0. The van der Waals surface area contributed by atoms with Crippen LogP contribution in [-0.4, -0.2) is 27.3 Å². The van der Waals surface area contributed by atoms with E-state index in [-0.39, 0.29) is 17.2 Å². The van der Waals surface area contributed by atoms with Crippen molar-refractivity contribution in [1.82, 2.24) is 9.78 Å². The smallest absolute Gasteiger partial charge is 0.359 e. The van der Waals surface area contributed by atoms with E-state index in [0.717, 1.165) is 18.4 Å². The highest BCUT2D eigenvalue weighted by Crippen LogP contribution is 2.43. The highest BCUT2D eigenvalue weighted by molar-refractivity contribution is 5.95. The lowest BCUT2D eigenvalue weighted by atomic mass is 10.1. The van der Waals surface area contributed by atoms with Crippen LogP contribution in [0.2, 0.25) is 0 Å². The van der Waals surface area contributed by atoms with E-state index in [4.69, 9.17) is 10.5 Å². The molecule has 4 rings (SSSR count). The van der Waals surface area contributed by atoms with Crippen LogP contribution in [0.1, 0.15) is 39.4 Å². The molecule has 0 spiro atoms. The van der Waals surface area contributed by atoms with Gasteiger partial charge in [-0.1, -0.05) is 30.3 Å². The highest BCUT2D eigenvalue weighted by atomic mass is 19.1. The molecule has 7 heteroatoms. The SMILES string of the molecule is NC(=O)c1cc(C(=O)OC2(Cc3ccc(F)cc3)CC2)nn1-c1ccccc1. The summed E-state index contributed by atoms with van der Waals surface area (Å²) in [5.41, 5.74) is 6.44. The molecule has 1 fully saturated rings. The van der Waals surface area contributed by atoms with Crippen LogP contribution in [-0.2, 0) is 11.2 Å². The molecular formula is C21H18FN3O3. The highest BCUT2D eigenvalue weighted by Gasteiger charge is 2.47. The lowest BCUT2D eigenvalue weighted by Crippen LogP contribution is -2.22. The Hall–Kier alpha value is -3.48. The number of rotatable bonds is 6. The topological polar surface area (TPSA) is 87.2 Å². The zero-order valence-corrected chi connectivity index (χ0v) is 15.0. The number of esters is 1. The fourth-order valence-corrected chi connectivity index (χ4v) is 3.10. The number of benzene rings is 2. The molecule has 2 aromatic carbocycles. The molecule has 1 aliphatic carbocycles. The Kier molecular flexibility index (Phi) is 4.43. The first-order valence-corrected chi connectivity index (χ1v) is 8.89. The van der Waals surface area contributed by atoms with Crippen molar-refractivity contribution in [3.63, 3.8) is 0 Å². The number of halogens is 1. The second-order valence-corrected chi connectivity index (χ2v) is 6.90. The van der Waals surface area contributed by atoms with Gasteiger partial charge in [0.15, 0.2) is 5.69 Å². The number of carbonyl (C=O) groups excluding carboxylic acids is 2. The Morgan fingerprint density at radius 1 is 1.11 bits per heavy atom. The number of carbonyl (C=O) groups is 2. The molecule has 3 aromatic rings. The van der Waals surface area contributed by atoms with E-state index in [1.165, 1.54) is 22.9 Å². The van der Waals surface area contributed by atoms with Gasteiger partial charge in [0.05, 0.1) is 5.69 Å². The molecule has 1 amide bonds. The zero-order valence-electron chi connectivity index (χ0n) is 15.0. The van der Waals surface area contributed by atoms with Crippen molar-refractivity contribution in [1.29, 1.82) is 0 Å². The van der Waals surface area contributed by atoms with Crippen molar-refractivity contribution in [2.45, 2.75) is 24.9 Å². The Morgan fingerprint density at radius 2 is 1.79 bits per heavy atom. The predicted octanol–water partition coefficient (Wildman–Crippen LogP) is 3.04. The summed E-state index contributed by atoms with van der Waals surface area (Å²) in [6, 6.07) is 16.4. The van der Waals surface area contributed by atoms with Gasteiger partial charge in [-0.25, -0.2) is 13.9 Å². The number of ether oxygens (including phenoxy) is 1. The molecule has 1 aliphatic rings. The number of aromatic nitrogens is 2. The van der Waals surface area contributed by atoms with E-state index in [1.54, 1.807) is 36.4 Å². The molecule has 142 valence electrons. The number of nitrogens with two attached hydrogens (primary N) is 1. The largest absolute Gasteiger partial charge is 0.454 e. The third-order valence-electron chi connectivity index (χ3n) is 4.73. The van der Waals surface area contributed by atoms with Crippen LogP contribution in [0.4, 0.5) is 4.39 Å². The first kappa shape index (κ1) is 17.9. The molecule has 0 unspecified atom stereocenters. The van der Waals surface area contributed by atoms with Gasteiger partial charge in [0.2, 0.25) is 0 Å². The Bertz CT molecular complexity index is 1020. The maximum atomic E-state index is 13.1. The second kappa shape index (κ2) is 6.92. The van der Waals surface area contributed by atoms with Gasteiger partial charge in [0.1, 0.15) is 17.1 Å². The Labute approximate surface area is 160 Å². The van der Waals surface area contributed by atoms with Gasteiger partial charge in [0.25, 0.3) is 5.91 Å². The summed E-state index contributed by atoms with van der Waals surface area (Å²) in [4.78, 5) is 24.4. The summed E-state index contributed by atoms with van der Waals surface area (Å²) < 4.78 is 20.1. The van der Waals surface area contributed by atoms with E-state index < -0.39 is 17.5 Å². The second-order valence-electron chi connectivity index (χ2n) is 6.90. The van der Waals surface area contributed by atoms with Crippen LogP contribution < -0.4 is 5.73 Å². The van der Waals surface area contributed by atoms with Crippen LogP contribution in [0.5, 0.6) is 0 Å². The summed E-state index contributed by atoms with van der Waals surface area (Å²) >= 11 is 0. The maximum absolute atomic E-state index is 13.1. The molecule has 1 aromatic heterocycles. The lowest BCUT2D eigenvalue weighted by molar-refractivity contribution is 0.0220. The number of amides is 1. The third kappa shape index (κ3) is 3.64. The fraction of sp³-hybridized carbons (Fsp3) is 0.190. The molecule has 28 heavy (non-hydrogen) atoms. The van der Waals surface area contributed by atoms with Crippen LogP contribution in [0.25, 0.3) is 5.69 Å². The van der Waals surface area contributed by atoms with Crippen LogP contribution >= 0.6 is 0 Å². The number of para-hydroxylation sites is 1. The Balaban J connectivity index is 1.55. The maximum Gasteiger partial charge on any atom is 0.359 e. The third-order valence-corrected chi connectivity index (χ3v) is 4.73. The summed E-state index contributed by atoms with van der Waals surface area (Å²) in [5, 5.41) is 4.22. The van der Waals surface area contributed by atoms with E-state index in [2.05, 4.69) is 5.10 Å². The van der Waals surface area contributed by atoms with Crippen molar-refractivity contribution < 1.29 is 18.7 Å². The van der Waals surface area contributed by atoms with Gasteiger partial charge in [-0.05, 0) is 42.7 Å². The molecule has 0 radical (unpaired) electrons. The fourth-order valence-electron chi connectivity index (χ4n) is 3.10. The van der Waals surface area contributed by atoms with Crippen LogP contribution in [0.15, 0.2) is 60.7 Å². The van der Waals surface area contributed by atoms with Gasteiger partial charge in [-0.3, -0.25) is 4.79 Å². The average Bonchev–Trinajstić information content (AvgIpc) is 3.27. The lowest BCUT2D eigenvalue weighted by Gasteiger charge is -2.16. The number of hydrogen-bond acceptors (Lipinski definition) is 4. The van der Waals surface area contributed by atoms with Gasteiger partial charge < -0.3 is 10.5 Å². The molecule has 0 bridgehead atoms. The summed E-state index contributed by atoms with van der Waals surface area (Å²) in [5.74, 6) is -1.62. The molecule has 0 aliphatic heterocycles. The first-order valence-electron chi connectivity index (χ1n) is 8.89. The van der Waals surface area contributed by atoms with Gasteiger partial charge in [-0.15, -0.1) is 0 Å². The van der Waals surface area contributed by atoms with Crippen LogP contribution in [0, 0.1) is 5.82 Å². The van der Waals surface area contributed by atoms with Gasteiger partial charge in [-0.2, -0.15) is 5.10 Å². The van der Waals surface area contributed by atoms with E-state index in [9.17, 15) is 14.0 Å². The van der Waals surface area contributed by atoms with Crippen molar-refractivity contribution in [2.75, 3.05) is 0 Å². The minimum absolute atomic E-state index is 0.0167. The minimum Gasteiger partial charge on any atom is -0.454 e. The van der Waals surface area contributed by atoms with Crippen LogP contribution in [0.3, 0.4) is 0 Å². The molecular weight excluding hydrogens is 361 g/mol. The minimum atomic E-state index is -0.692. The Morgan fingerprint density at radius 3 is 2.39 bits per heavy atom. The molecule has 1 heterocycles. The molecule has 2 N–H and O–H groups in total. The summed E-state index contributed by atoms with van der Waals surface area (Å²) in [6.07, 6.45) is 1.94. The van der Waals surface area contributed by atoms with Gasteiger partial charge >= 0.3 is 5.97 Å². The molecule has 6 nitrogen and oxygen atoms in total. The summed E-state index contributed by atoms with van der Waals surface area (Å²) in [7, 11) is 0. The van der Waals surface area contributed by atoms with Crippen molar-refractivity contribution >= 4 is 11.9 Å². The quantitative estimate of drug-likeness (QED) is 0.667. The van der Waals surface area contributed by atoms with Gasteiger partial charge in [0, 0.05) is 12.5 Å². The number of primary amides is 1. The average molecular weight is 379 g/mol. The predicted molar refractivity (Wildman–Crippen MR) is 99.6 cm³/mol. The first-order chi connectivity index (χ1) is 13.5.